The highest BCUT2D eigenvalue weighted by Gasteiger charge is 2.17. The number of benzene rings is 1. The van der Waals surface area contributed by atoms with Gasteiger partial charge in [-0.25, -0.2) is 13.1 Å². The molecule has 0 saturated heterocycles. The molecule has 3 N–H and O–H groups in total. The third-order valence-electron chi connectivity index (χ3n) is 2.99. The summed E-state index contributed by atoms with van der Waals surface area (Å²) < 4.78 is 28.8. The SMILES string of the molecule is Cc1ccc(CN)cc1S(=O)(=O)NCc1ccn(C)n1. The van der Waals surface area contributed by atoms with Crippen LogP contribution in [0.4, 0.5) is 0 Å². The van der Waals surface area contributed by atoms with Gasteiger partial charge in [0.25, 0.3) is 0 Å². The maximum atomic E-state index is 12.3. The van der Waals surface area contributed by atoms with E-state index in [0.717, 1.165) is 5.56 Å². The van der Waals surface area contributed by atoms with Gasteiger partial charge in [0.2, 0.25) is 10.0 Å². The normalized spacial score (nSPS) is 11.8. The molecule has 20 heavy (non-hydrogen) atoms. The molecule has 0 radical (unpaired) electrons. The number of nitrogens with two attached hydrogens (primary N) is 1. The summed E-state index contributed by atoms with van der Waals surface area (Å²) >= 11 is 0. The Hall–Kier alpha value is -1.70. The third-order valence-corrected chi connectivity index (χ3v) is 4.53. The van der Waals surface area contributed by atoms with Crippen LogP contribution in [-0.4, -0.2) is 18.2 Å². The van der Waals surface area contributed by atoms with E-state index in [4.69, 9.17) is 5.73 Å². The molecular weight excluding hydrogens is 276 g/mol. The van der Waals surface area contributed by atoms with Gasteiger partial charge in [0, 0.05) is 19.8 Å². The zero-order chi connectivity index (χ0) is 14.8. The van der Waals surface area contributed by atoms with Crippen LogP contribution in [0.5, 0.6) is 0 Å². The molecule has 0 atom stereocenters. The van der Waals surface area contributed by atoms with Crippen LogP contribution < -0.4 is 10.5 Å². The van der Waals surface area contributed by atoms with E-state index in [1.165, 1.54) is 0 Å². The van der Waals surface area contributed by atoms with Crippen molar-refractivity contribution in [1.82, 2.24) is 14.5 Å². The second-order valence-electron chi connectivity index (χ2n) is 4.61. The van der Waals surface area contributed by atoms with Crippen molar-refractivity contribution in [2.75, 3.05) is 0 Å². The Morgan fingerprint density at radius 3 is 2.70 bits per heavy atom. The number of hydrogen-bond donors (Lipinski definition) is 2. The molecule has 2 rings (SSSR count). The standard InChI is InChI=1S/C13H18N4O2S/c1-10-3-4-11(8-14)7-13(10)20(18,19)15-9-12-5-6-17(2)16-12/h3-7,15H,8-9,14H2,1-2H3. The van der Waals surface area contributed by atoms with Gasteiger partial charge in [-0.2, -0.15) is 5.10 Å². The summed E-state index contributed by atoms with van der Waals surface area (Å²) in [4.78, 5) is 0.261. The number of sulfonamides is 1. The van der Waals surface area contributed by atoms with Gasteiger partial charge in [-0.3, -0.25) is 4.68 Å². The summed E-state index contributed by atoms with van der Waals surface area (Å²) in [7, 11) is -1.78. The summed E-state index contributed by atoms with van der Waals surface area (Å²) in [5, 5.41) is 4.13. The molecule has 1 aromatic heterocycles. The number of aryl methyl sites for hydroxylation is 2. The van der Waals surface area contributed by atoms with Crippen molar-refractivity contribution in [3.8, 4) is 0 Å². The van der Waals surface area contributed by atoms with E-state index in [2.05, 4.69) is 9.82 Å². The second-order valence-corrected chi connectivity index (χ2v) is 6.34. The molecule has 0 amide bonds. The van der Waals surface area contributed by atoms with Gasteiger partial charge in [0.15, 0.2) is 0 Å². The van der Waals surface area contributed by atoms with Gasteiger partial charge in [0.1, 0.15) is 0 Å². The maximum absolute atomic E-state index is 12.3. The first-order valence-corrected chi connectivity index (χ1v) is 7.68. The lowest BCUT2D eigenvalue weighted by Gasteiger charge is -2.10. The lowest BCUT2D eigenvalue weighted by molar-refractivity contribution is 0.578. The van der Waals surface area contributed by atoms with Crippen molar-refractivity contribution < 1.29 is 8.42 Å². The first-order valence-electron chi connectivity index (χ1n) is 6.20. The van der Waals surface area contributed by atoms with Crippen LogP contribution in [0.15, 0.2) is 35.4 Å². The van der Waals surface area contributed by atoms with Crippen molar-refractivity contribution >= 4 is 10.0 Å². The maximum Gasteiger partial charge on any atom is 0.241 e. The quantitative estimate of drug-likeness (QED) is 0.848. The van der Waals surface area contributed by atoms with Crippen LogP contribution in [0.3, 0.4) is 0 Å². The molecule has 0 saturated carbocycles. The first-order chi connectivity index (χ1) is 9.42. The molecule has 1 aromatic carbocycles. The zero-order valence-electron chi connectivity index (χ0n) is 11.5. The van der Waals surface area contributed by atoms with Crippen LogP contribution in [-0.2, 0) is 30.2 Å². The van der Waals surface area contributed by atoms with Gasteiger partial charge in [-0.15, -0.1) is 0 Å². The lowest BCUT2D eigenvalue weighted by Crippen LogP contribution is -2.24. The van der Waals surface area contributed by atoms with E-state index < -0.39 is 10.0 Å². The highest BCUT2D eigenvalue weighted by molar-refractivity contribution is 7.89. The monoisotopic (exact) mass is 294 g/mol. The van der Waals surface area contributed by atoms with Crippen molar-refractivity contribution in [2.45, 2.75) is 24.9 Å². The number of rotatable bonds is 5. The summed E-state index contributed by atoms with van der Waals surface area (Å²) in [6.07, 6.45) is 1.77. The number of aromatic nitrogens is 2. The van der Waals surface area contributed by atoms with Crippen LogP contribution in [0.1, 0.15) is 16.8 Å². The van der Waals surface area contributed by atoms with Crippen molar-refractivity contribution in [3.05, 3.63) is 47.3 Å². The van der Waals surface area contributed by atoms with E-state index in [1.54, 1.807) is 43.0 Å². The predicted octanol–water partition coefficient (Wildman–Crippen LogP) is 0.666. The van der Waals surface area contributed by atoms with E-state index >= 15 is 0 Å². The number of hydrogen-bond acceptors (Lipinski definition) is 4. The largest absolute Gasteiger partial charge is 0.326 e. The Kier molecular flexibility index (Phi) is 4.22. The van der Waals surface area contributed by atoms with Crippen molar-refractivity contribution in [2.24, 2.45) is 12.8 Å². The van der Waals surface area contributed by atoms with Crippen LogP contribution in [0.25, 0.3) is 0 Å². The van der Waals surface area contributed by atoms with Crippen LogP contribution in [0.2, 0.25) is 0 Å². The van der Waals surface area contributed by atoms with E-state index in [0.29, 0.717) is 17.8 Å². The fourth-order valence-corrected chi connectivity index (χ4v) is 3.16. The average molecular weight is 294 g/mol. The minimum absolute atomic E-state index is 0.162. The highest BCUT2D eigenvalue weighted by atomic mass is 32.2. The summed E-state index contributed by atoms with van der Waals surface area (Å²) in [6.45, 7) is 2.23. The van der Waals surface area contributed by atoms with Gasteiger partial charge in [-0.1, -0.05) is 12.1 Å². The Morgan fingerprint density at radius 2 is 2.10 bits per heavy atom. The Morgan fingerprint density at radius 1 is 1.35 bits per heavy atom. The third kappa shape index (κ3) is 3.24. The van der Waals surface area contributed by atoms with Crippen molar-refractivity contribution in [1.29, 1.82) is 0 Å². The predicted molar refractivity (Wildman–Crippen MR) is 76.3 cm³/mol. The first kappa shape index (κ1) is 14.7. The molecule has 0 aliphatic heterocycles. The fraction of sp³-hybridized carbons (Fsp3) is 0.308. The van der Waals surface area contributed by atoms with Gasteiger partial charge in [-0.05, 0) is 30.2 Å². The fourth-order valence-electron chi connectivity index (χ4n) is 1.87. The minimum atomic E-state index is -3.57. The summed E-state index contributed by atoms with van der Waals surface area (Å²) in [5.41, 5.74) is 7.70. The summed E-state index contributed by atoms with van der Waals surface area (Å²) in [6, 6.07) is 6.96. The number of nitrogens with zero attached hydrogens (tertiary/aromatic N) is 2. The number of nitrogens with one attached hydrogen (secondary N) is 1. The van der Waals surface area contributed by atoms with Gasteiger partial charge >= 0.3 is 0 Å². The molecule has 0 aliphatic carbocycles. The molecule has 6 nitrogen and oxygen atoms in total. The Labute approximate surface area is 118 Å². The lowest BCUT2D eigenvalue weighted by atomic mass is 10.1. The highest BCUT2D eigenvalue weighted by Crippen LogP contribution is 2.17. The molecule has 0 bridgehead atoms. The molecule has 0 spiro atoms. The molecule has 0 unspecified atom stereocenters. The van der Waals surface area contributed by atoms with E-state index in [9.17, 15) is 8.42 Å². The topological polar surface area (TPSA) is 90.0 Å². The molecule has 1 heterocycles. The minimum Gasteiger partial charge on any atom is -0.326 e. The molecule has 108 valence electrons. The second kappa shape index (κ2) is 5.74. The average Bonchev–Trinajstić information content (AvgIpc) is 2.83. The molecule has 2 aromatic rings. The van der Waals surface area contributed by atoms with Gasteiger partial charge < -0.3 is 5.73 Å². The Bertz CT molecular complexity index is 707. The van der Waals surface area contributed by atoms with E-state index in [-0.39, 0.29) is 11.4 Å². The van der Waals surface area contributed by atoms with Crippen molar-refractivity contribution in [3.63, 3.8) is 0 Å². The molecular formula is C13H18N4O2S. The van der Waals surface area contributed by atoms with Crippen LogP contribution in [0, 0.1) is 6.92 Å². The summed E-state index contributed by atoms with van der Waals surface area (Å²) in [5.74, 6) is 0. The molecule has 7 heteroatoms. The van der Waals surface area contributed by atoms with E-state index in [1.807, 2.05) is 6.07 Å². The van der Waals surface area contributed by atoms with Gasteiger partial charge in [0.05, 0.1) is 17.1 Å². The molecule has 0 fully saturated rings. The molecule has 0 aliphatic rings. The zero-order valence-corrected chi connectivity index (χ0v) is 12.3. The van der Waals surface area contributed by atoms with Crippen LogP contribution >= 0.6 is 0 Å². The smallest absolute Gasteiger partial charge is 0.241 e. The Balaban J connectivity index is 2.21.